The van der Waals surface area contributed by atoms with Gasteiger partial charge in [-0.25, -0.2) is 4.68 Å². The molecule has 0 atom stereocenters. The molecule has 2 aromatic rings. The van der Waals surface area contributed by atoms with Gasteiger partial charge in [-0.1, -0.05) is 23.4 Å². The van der Waals surface area contributed by atoms with Gasteiger partial charge in [-0.3, -0.25) is 4.79 Å². The minimum absolute atomic E-state index is 0.191. The highest BCUT2D eigenvalue weighted by molar-refractivity contribution is 5.78. The predicted octanol–water partition coefficient (Wildman–Crippen LogP) is 2.45. The molecule has 1 spiro atoms. The van der Waals surface area contributed by atoms with Crippen LogP contribution in [0, 0.1) is 12.3 Å². The van der Waals surface area contributed by atoms with Gasteiger partial charge in [0, 0.05) is 13.1 Å². The van der Waals surface area contributed by atoms with Gasteiger partial charge >= 0.3 is 0 Å². The average Bonchev–Trinajstić information content (AvgIpc) is 3.05. The van der Waals surface area contributed by atoms with Crippen molar-refractivity contribution in [1.82, 2.24) is 24.8 Å². The molecule has 4 rings (SSSR count). The highest BCUT2D eigenvalue weighted by Gasteiger charge is 2.39. The van der Waals surface area contributed by atoms with Crippen LogP contribution in [-0.4, -0.2) is 63.9 Å². The number of carbonyl (C=O) groups is 1. The van der Waals surface area contributed by atoms with E-state index in [0.29, 0.717) is 11.8 Å². The maximum Gasteiger partial charge on any atom is 0.228 e. The SMILES string of the molecule is Cc1c(CC(=O)N2CCCC3(CCN(C)CC3)C2)nnn1-c1ccccc1. The molecule has 6 heteroatoms. The lowest BCUT2D eigenvalue weighted by molar-refractivity contribution is -0.135. The number of nitrogens with zero attached hydrogens (tertiary/aromatic N) is 5. The van der Waals surface area contributed by atoms with Crippen molar-refractivity contribution >= 4 is 5.91 Å². The molecule has 3 heterocycles. The van der Waals surface area contributed by atoms with Gasteiger partial charge < -0.3 is 9.80 Å². The van der Waals surface area contributed by atoms with Crippen LogP contribution in [0.2, 0.25) is 0 Å². The quantitative estimate of drug-likeness (QED) is 0.836. The number of benzene rings is 1. The molecule has 0 N–H and O–H groups in total. The number of likely N-dealkylation sites (tertiary alicyclic amines) is 2. The topological polar surface area (TPSA) is 54.3 Å². The fourth-order valence-electron chi connectivity index (χ4n) is 4.51. The zero-order chi connectivity index (χ0) is 18.9. The lowest BCUT2D eigenvalue weighted by atomic mass is 9.72. The van der Waals surface area contributed by atoms with Crippen molar-refractivity contribution in [3.8, 4) is 5.69 Å². The van der Waals surface area contributed by atoms with Crippen molar-refractivity contribution in [1.29, 1.82) is 0 Å². The Hall–Kier alpha value is -2.21. The third kappa shape index (κ3) is 3.76. The van der Waals surface area contributed by atoms with Crippen molar-refractivity contribution in [2.75, 3.05) is 33.2 Å². The number of piperidine rings is 2. The fourth-order valence-corrected chi connectivity index (χ4v) is 4.51. The van der Waals surface area contributed by atoms with E-state index in [9.17, 15) is 4.79 Å². The summed E-state index contributed by atoms with van der Waals surface area (Å²) >= 11 is 0. The Balaban J connectivity index is 1.44. The van der Waals surface area contributed by atoms with Gasteiger partial charge in [0.25, 0.3) is 0 Å². The Bertz CT molecular complexity index is 792. The molecule has 1 amide bonds. The summed E-state index contributed by atoms with van der Waals surface area (Å²) in [5.74, 6) is 0.191. The van der Waals surface area contributed by atoms with Crippen molar-refractivity contribution in [3.63, 3.8) is 0 Å². The van der Waals surface area contributed by atoms with E-state index in [1.807, 2.05) is 41.9 Å². The Morgan fingerprint density at radius 1 is 1.11 bits per heavy atom. The normalized spacial score (nSPS) is 20.1. The Morgan fingerprint density at radius 2 is 1.85 bits per heavy atom. The van der Waals surface area contributed by atoms with Crippen LogP contribution in [0.5, 0.6) is 0 Å². The molecular formula is C21H29N5O. The molecule has 0 saturated carbocycles. The molecule has 2 fully saturated rings. The molecule has 6 nitrogen and oxygen atoms in total. The van der Waals surface area contributed by atoms with Gasteiger partial charge in [-0.05, 0) is 70.3 Å². The molecule has 2 aliphatic rings. The first kappa shape index (κ1) is 18.2. The van der Waals surface area contributed by atoms with Gasteiger partial charge in [0.1, 0.15) is 0 Å². The lowest BCUT2D eigenvalue weighted by Crippen LogP contribution is -2.50. The number of rotatable bonds is 3. The summed E-state index contributed by atoms with van der Waals surface area (Å²) in [4.78, 5) is 17.5. The van der Waals surface area contributed by atoms with E-state index >= 15 is 0 Å². The Kier molecular flexibility index (Phi) is 5.00. The summed E-state index contributed by atoms with van der Waals surface area (Å²) in [7, 11) is 2.19. The molecule has 27 heavy (non-hydrogen) atoms. The second-order valence-electron chi connectivity index (χ2n) is 8.27. The smallest absolute Gasteiger partial charge is 0.228 e. The van der Waals surface area contributed by atoms with Crippen molar-refractivity contribution < 1.29 is 4.79 Å². The fraction of sp³-hybridized carbons (Fsp3) is 0.571. The van der Waals surface area contributed by atoms with Crippen LogP contribution >= 0.6 is 0 Å². The van der Waals surface area contributed by atoms with Gasteiger partial charge in [-0.2, -0.15) is 0 Å². The predicted molar refractivity (Wildman–Crippen MR) is 105 cm³/mol. The number of amides is 1. The molecule has 0 bridgehead atoms. The van der Waals surface area contributed by atoms with E-state index in [2.05, 4.69) is 27.2 Å². The third-order valence-electron chi connectivity index (χ3n) is 6.37. The molecule has 0 aliphatic carbocycles. The molecule has 1 aromatic heterocycles. The number of para-hydroxylation sites is 1. The van der Waals surface area contributed by atoms with Crippen molar-refractivity contribution in [2.24, 2.45) is 5.41 Å². The standard InChI is InChI=1S/C21H29N5O/c1-17-19(22-23-26(17)18-7-4-3-5-8-18)15-20(27)25-12-6-9-21(16-25)10-13-24(2)14-11-21/h3-5,7-8H,6,9-16H2,1-2H3. The van der Waals surface area contributed by atoms with Gasteiger partial charge in [0.05, 0.1) is 23.5 Å². The summed E-state index contributed by atoms with van der Waals surface area (Å²) in [6, 6.07) is 9.95. The van der Waals surface area contributed by atoms with Crippen LogP contribution in [0.25, 0.3) is 5.69 Å². The third-order valence-corrected chi connectivity index (χ3v) is 6.37. The summed E-state index contributed by atoms with van der Waals surface area (Å²) in [5, 5.41) is 8.57. The molecule has 2 saturated heterocycles. The summed E-state index contributed by atoms with van der Waals surface area (Å²) in [6.45, 7) is 6.07. The van der Waals surface area contributed by atoms with E-state index in [1.165, 1.54) is 19.3 Å². The zero-order valence-electron chi connectivity index (χ0n) is 16.4. The maximum absolute atomic E-state index is 13.0. The van der Waals surface area contributed by atoms with E-state index < -0.39 is 0 Å². The number of aromatic nitrogens is 3. The first-order chi connectivity index (χ1) is 13.1. The second kappa shape index (κ2) is 7.43. The Morgan fingerprint density at radius 3 is 2.59 bits per heavy atom. The summed E-state index contributed by atoms with van der Waals surface area (Å²) in [5.41, 5.74) is 3.04. The second-order valence-corrected chi connectivity index (χ2v) is 8.27. The highest BCUT2D eigenvalue weighted by Crippen LogP contribution is 2.39. The number of hydrogen-bond donors (Lipinski definition) is 0. The Labute approximate surface area is 161 Å². The molecule has 2 aliphatic heterocycles. The molecule has 0 radical (unpaired) electrons. The minimum Gasteiger partial charge on any atom is -0.342 e. The van der Waals surface area contributed by atoms with E-state index in [-0.39, 0.29) is 5.91 Å². The van der Waals surface area contributed by atoms with Crippen molar-refractivity contribution in [3.05, 3.63) is 41.7 Å². The number of carbonyl (C=O) groups excluding carboxylic acids is 1. The van der Waals surface area contributed by atoms with Gasteiger partial charge in [0.2, 0.25) is 5.91 Å². The van der Waals surface area contributed by atoms with Crippen molar-refractivity contribution in [2.45, 2.75) is 39.0 Å². The summed E-state index contributed by atoms with van der Waals surface area (Å²) in [6.07, 6.45) is 5.13. The largest absolute Gasteiger partial charge is 0.342 e. The average molecular weight is 367 g/mol. The molecular weight excluding hydrogens is 338 g/mol. The highest BCUT2D eigenvalue weighted by atomic mass is 16.2. The minimum atomic E-state index is 0.191. The monoisotopic (exact) mass is 367 g/mol. The van der Waals surface area contributed by atoms with Crippen LogP contribution in [-0.2, 0) is 11.2 Å². The first-order valence-corrected chi connectivity index (χ1v) is 9.99. The van der Waals surface area contributed by atoms with E-state index in [0.717, 1.165) is 49.7 Å². The van der Waals surface area contributed by atoms with Crippen LogP contribution in [0.15, 0.2) is 30.3 Å². The molecule has 0 unspecified atom stereocenters. The molecule has 144 valence electrons. The maximum atomic E-state index is 13.0. The van der Waals surface area contributed by atoms with Crippen LogP contribution in [0.3, 0.4) is 0 Å². The first-order valence-electron chi connectivity index (χ1n) is 9.99. The number of hydrogen-bond acceptors (Lipinski definition) is 4. The van der Waals surface area contributed by atoms with Crippen LogP contribution in [0.1, 0.15) is 37.1 Å². The van der Waals surface area contributed by atoms with E-state index in [4.69, 9.17) is 0 Å². The lowest BCUT2D eigenvalue weighted by Gasteiger charge is -2.47. The molecule has 1 aromatic carbocycles. The van der Waals surface area contributed by atoms with Gasteiger partial charge in [0.15, 0.2) is 0 Å². The van der Waals surface area contributed by atoms with Crippen LogP contribution in [0.4, 0.5) is 0 Å². The van der Waals surface area contributed by atoms with E-state index in [1.54, 1.807) is 0 Å². The van der Waals surface area contributed by atoms with Crippen LogP contribution < -0.4 is 0 Å². The van der Waals surface area contributed by atoms with Gasteiger partial charge in [-0.15, -0.1) is 5.10 Å². The zero-order valence-corrected chi connectivity index (χ0v) is 16.4. The summed E-state index contributed by atoms with van der Waals surface area (Å²) < 4.78 is 1.82.